The fourth-order valence-corrected chi connectivity index (χ4v) is 7.78. The Labute approximate surface area is 296 Å². The van der Waals surface area contributed by atoms with Crippen molar-refractivity contribution in [3.8, 4) is 51.0 Å². The van der Waals surface area contributed by atoms with Gasteiger partial charge in [-0.25, -0.2) is 15.0 Å². The molecule has 240 valence electrons. The molecular weight excluding hydrogens is 623 g/mol. The van der Waals surface area contributed by atoms with Crippen LogP contribution in [0.4, 0.5) is 0 Å². The zero-order chi connectivity index (χ0) is 33.7. The van der Waals surface area contributed by atoms with Gasteiger partial charge in [-0.1, -0.05) is 164 Å². The number of hydrogen-bond donors (Lipinski definition) is 0. The van der Waals surface area contributed by atoms with Gasteiger partial charge in [0.2, 0.25) is 0 Å². The summed E-state index contributed by atoms with van der Waals surface area (Å²) in [5, 5.41) is 4.69. The van der Waals surface area contributed by atoms with E-state index in [2.05, 4.69) is 115 Å². The van der Waals surface area contributed by atoms with Gasteiger partial charge in [-0.15, -0.1) is 0 Å². The van der Waals surface area contributed by atoms with Crippen LogP contribution in [0.3, 0.4) is 0 Å². The first-order valence-electron chi connectivity index (χ1n) is 17.4. The number of hydrogen-bond acceptors (Lipinski definition) is 4. The van der Waals surface area contributed by atoms with Crippen molar-refractivity contribution in [2.24, 2.45) is 0 Å². The molecule has 0 spiro atoms. The van der Waals surface area contributed by atoms with E-state index < -0.39 is 0 Å². The average molecular weight is 654 g/mol. The number of allylic oxidation sites excluding steroid dienone is 2. The van der Waals surface area contributed by atoms with E-state index in [0.29, 0.717) is 17.5 Å². The van der Waals surface area contributed by atoms with Crippen LogP contribution in [0.2, 0.25) is 0 Å². The molecule has 0 fully saturated rings. The predicted octanol–water partition coefficient (Wildman–Crippen LogP) is 11.3. The van der Waals surface area contributed by atoms with Crippen LogP contribution in [0.25, 0.3) is 72.4 Å². The summed E-state index contributed by atoms with van der Waals surface area (Å²) in [4.78, 5) is 15.1. The first-order chi connectivity index (χ1) is 25.3. The Balaban J connectivity index is 1.11. The molecule has 4 heteroatoms. The fourth-order valence-electron chi connectivity index (χ4n) is 7.78. The minimum Gasteiger partial charge on any atom is -0.484 e. The van der Waals surface area contributed by atoms with Crippen molar-refractivity contribution in [2.75, 3.05) is 0 Å². The number of ether oxygens (including phenoxy) is 1. The monoisotopic (exact) mass is 653 g/mol. The molecule has 0 radical (unpaired) electrons. The smallest absolute Gasteiger partial charge is 0.164 e. The fraction of sp³-hybridized carbons (Fsp3) is 0.0426. The van der Waals surface area contributed by atoms with Crippen molar-refractivity contribution in [2.45, 2.75) is 12.0 Å². The molecule has 1 aromatic heterocycles. The Morgan fingerprint density at radius 2 is 1.00 bits per heavy atom. The average Bonchev–Trinajstić information content (AvgIpc) is 3.60. The molecule has 4 nitrogen and oxygen atoms in total. The van der Waals surface area contributed by atoms with Crippen molar-refractivity contribution in [1.82, 2.24) is 15.0 Å². The number of para-hydroxylation sites is 1. The molecule has 10 rings (SSSR count). The summed E-state index contributed by atoms with van der Waals surface area (Å²) in [6, 6.07) is 54.9. The van der Waals surface area contributed by atoms with E-state index in [4.69, 9.17) is 19.7 Å². The van der Waals surface area contributed by atoms with Gasteiger partial charge in [0.25, 0.3) is 0 Å². The molecule has 1 aliphatic heterocycles. The Morgan fingerprint density at radius 3 is 1.75 bits per heavy atom. The Kier molecular flexibility index (Phi) is 6.91. The SMILES string of the molecule is C1=CC2Oc3c(-c4cccc5ccccc45)cccc3C2C(c2ccc(-c3nc(-c4ccccc4)nc(-c4ccccc4)n3)c3ccccc23)=C1. The second-order valence-corrected chi connectivity index (χ2v) is 13.1. The Bertz CT molecular complexity index is 2620. The molecule has 7 aromatic carbocycles. The van der Waals surface area contributed by atoms with Gasteiger partial charge in [0.1, 0.15) is 11.9 Å². The highest BCUT2D eigenvalue weighted by Gasteiger charge is 2.39. The maximum Gasteiger partial charge on any atom is 0.164 e. The van der Waals surface area contributed by atoms with Crippen LogP contribution in [0.15, 0.2) is 176 Å². The van der Waals surface area contributed by atoms with Gasteiger partial charge in [0.15, 0.2) is 17.5 Å². The number of fused-ring (bicyclic) bond motifs is 5. The summed E-state index contributed by atoms with van der Waals surface area (Å²) in [5.41, 5.74) is 8.83. The van der Waals surface area contributed by atoms with E-state index in [9.17, 15) is 0 Å². The maximum absolute atomic E-state index is 6.86. The minimum atomic E-state index is -0.0973. The van der Waals surface area contributed by atoms with Crippen molar-refractivity contribution >= 4 is 27.1 Å². The molecule has 51 heavy (non-hydrogen) atoms. The van der Waals surface area contributed by atoms with E-state index in [-0.39, 0.29) is 12.0 Å². The van der Waals surface area contributed by atoms with Gasteiger partial charge in [-0.2, -0.15) is 0 Å². The van der Waals surface area contributed by atoms with Crippen LogP contribution in [0, 0.1) is 0 Å². The highest BCUT2D eigenvalue weighted by molar-refractivity contribution is 6.04. The van der Waals surface area contributed by atoms with Crippen LogP contribution < -0.4 is 4.74 Å². The summed E-state index contributed by atoms with van der Waals surface area (Å²) in [6.07, 6.45) is 6.50. The van der Waals surface area contributed by atoms with E-state index in [0.717, 1.165) is 38.8 Å². The van der Waals surface area contributed by atoms with Gasteiger partial charge in [-0.05, 0) is 50.4 Å². The highest BCUT2D eigenvalue weighted by Crippen LogP contribution is 2.53. The number of nitrogens with zero attached hydrogens (tertiary/aromatic N) is 3. The first-order valence-corrected chi connectivity index (χ1v) is 17.4. The van der Waals surface area contributed by atoms with Gasteiger partial charge in [0, 0.05) is 27.8 Å². The van der Waals surface area contributed by atoms with Crippen molar-refractivity contribution in [3.63, 3.8) is 0 Å². The zero-order valence-electron chi connectivity index (χ0n) is 27.6. The predicted molar refractivity (Wildman–Crippen MR) is 207 cm³/mol. The zero-order valence-corrected chi connectivity index (χ0v) is 27.6. The second kappa shape index (κ2) is 12.0. The minimum absolute atomic E-state index is 0.0562. The molecule has 0 amide bonds. The lowest BCUT2D eigenvalue weighted by Gasteiger charge is -2.24. The third-order valence-electron chi connectivity index (χ3n) is 10.1. The first kappa shape index (κ1) is 29.3. The van der Waals surface area contributed by atoms with E-state index in [1.54, 1.807) is 0 Å². The van der Waals surface area contributed by atoms with Gasteiger partial charge in [-0.3, -0.25) is 0 Å². The molecule has 2 unspecified atom stereocenters. The number of benzene rings is 7. The molecule has 2 heterocycles. The van der Waals surface area contributed by atoms with Crippen LogP contribution >= 0.6 is 0 Å². The molecule has 0 saturated heterocycles. The number of rotatable bonds is 5. The van der Waals surface area contributed by atoms with E-state index in [1.165, 1.54) is 33.0 Å². The number of aromatic nitrogens is 3. The summed E-state index contributed by atoms with van der Waals surface area (Å²) in [5.74, 6) is 2.97. The summed E-state index contributed by atoms with van der Waals surface area (Å²) in [6.45, 7) is 0. The molecule has 8 aromatic rings. The third-order valence-corrected chi connectivity index (χ3v) is 10.1. The molecule has 0 bridgehead atoms. The summed E-state index contributed by atoms with van der Waals surface area (Å²) in [7, 11) is 0. The van der Waals surface area contributed by atoms with E-state index >= 15 is 0 Å². The lowest BCUT2D eigenvalue weighted by Crippen LogP contribution is -2.19. The van der Waals surface area contributed by atoms with Crippen molar-refractivity contribution in [3.05, 3.63) is 187 Å². The molecule has 0 saturated carbocycles. The standard InChI is InChI=1S/C47H31N3O/c1-3-15-31(16-4-1)45-48-46(32-17-5-2-6-18-32)50-47(49-45)40-29-28-37(35-21-9-10-22-36(35)40)38-24-13-27-42-43(38)41-26-12-25-39(44(41)51-42)34-23-11-19-30-14-7-8-20-33(30)34/h1-29,42-43H. The van der Waals surface area contributed by atoms with Crippen molar-refractivity contribution in [1.29, 1.82) is 0 Å². The molecule has 0 N–H and O–H groups in total. The van der Waals surface area contributed by atoms with Crippen LogP contribution in [0.1, 0.15) is 17.0 Å². The maximum atomic E-state index is 6.86. The molecule has 1 aliphatic carbocycles. The van der Waals surface area contributed by atoms with Gasteiger partial charge >= 0.3 is 0 Å². The van der Waals surface area contributed by atoms with Gasteiger partial charge < -0.3 is 4.74 Å². The lowest BCUT2D eigenvalue weighted by molar-refractivity contribution is 0.272. The van der Waals surface area contributed by atoms with Crippen LogP contribution in [0.5, 0.6) is 5.75 Å². The van der Waals surface area contributed by atoms with Crippen LogP contribution in [-0.4, -0.2) is 21.1 Å². The Hall–Kier alpha value is -6.65. The van der Waals surface area contributed by atoms with Crippen molar-refractivity contribution < 1.29 is 4.74 Å². The molecular formula is C47H31N3O. The lowest BCUT2D eigenvalue weighted by atomic mass is 9.79. The summed E-state index contributed by atoms with van der Waals surface area (Å²) < 4.78 is 6.86. The van der Waals surface area contributed by atoms with E-state index in [1.807, 2.05) is 60.7 Å². The molecule has 2 aliphatic rings. The largest absolute Gasteiger partial charge is 0.484 e. The van der Waals surface area contributed by atoms with Gasteiger partial charge in [0.05, 0.1) is 5.92 Å². The second-order valence-electron chi connectivity index (χ2n) is 13.1. The summed E-state index contributed by atoms with van der Waals surface area (Å²) >= 11 is 0. The Morgan fingerprint density at radius 1 is 0.431 bits per heavy atom. The highest BCUT2D eigenvalue weighted by atomic mass is 16.5. The normalized spacial score (nSPS) is 16.0. The quantitative estimate of drug-likeness (QED) is 0.185. The molecule has 2 atom stereocenters. The third kappa shape index (κ3) is 4.95. The topological polar surface area (TPSA) is 47.9 Å². The van der Waals surface area contributed by atoms with Crippen LogP contribution in [-0.2, 0) is 0 Å².